The summed E-state index contributed by atoms with van der Waals surface area (Å²) in [5.41, 5.74) is 0.0101. The minimum atomic E-state index is -0.640. The smallest absolute Gasteiger partial charge is 0.0895 e. The molecular weight excluding hydrogens is 130 g/mol. The van der Waals surface area contributed by atoms with Gasteiger partial charge in [-0.2, -0.15) is 0 Å². The Labute approximate surface area is 62.1 Å². The van der Waals surface area contributed by atoms with Gasteiger partial charge in [-0.05, 0) is 20.8 Å². The van der Waals surface area contributed by atoms with Crippen molar-refractivity contribution in [3.05, 3.63) is 0 Å². The zero-order chi connectivity index (χ0) is 8.20. The molecule has 0 aliphatic heterocycles. The molecule has 0 saturated carbocycles. The number of hydrogen-bond donors (Lipinski definition) is 3. The molecule has 0 aliphatic rings. The molecule has 0 aliphatic carbocycles. The maximum atomic E-state index is 8.91. The first-order chi connectivity index (χ1) is 4.45. The molecular formula is C7H17NO2. The van der Waals surface area contributed by atoms with Gasteiger partial charge in [0.15, 0.2) is 0 Å². The first kappa shape index (κ1) is 9.88. The van der Waals surface area contributed by atoms with E-state index in [1.807, 2.05) is 20.8 Å². The van der Waals surface area contributed by atoms with E-state index in [4.69, 9.17) is 10.2 Å². The van der Waals surface area contributed by atoms with Gasteiger partial charge in [0.2, 0.25) is 0 Å². The number of aliphatic hydroxyl groups is 2. The minimum absolute atomic E-state index is 0.0101. The summed E-state index contributed by atoms with van der Waals surface area (Å²) in [6.45, 7) is 6.30. The van der Waals surface area contributed by atoms with Crippen LogP contribution in [0.2, 0.25) is 0 Å². The van der Waals surface area contributed by atoms with Crippen molar-refractivity contribution in [3.8, 4) is 0 Å². The molecule has 10 heavy (non-hydrogen) atoms. The van der Waals surface area contributed by atoms with Gasteiger partial charge in [-0.15, -0.1) is 0 Å². The SMILES string of the molecule is CC(C)(C)NC[C@@H](O)CO. The van der Waals surface area contributed by atoms with Crippen LogP contribution in [0.25, 0.3) is 0 Å². The third kappa shape index (κ3) is 6.01. The molecule has 1 atom stereocenters. The van der Waals surface area contributed by atoms with Crippen molar-refractivity contribution in [2.45, 2.75) is 32.4 Å². The van der Waals surface area contributed by atoms with E-state index in [-0.39, 0.29) is 12.1 Å². The minimum Gasteiger partial charge on any atom is -0.394 e. The van der Waals surface area contributed by atoms with Gasteiger partial charge >= 0.3 is 0 Å². The molecule has 0 spiro atoms. The monoisotopic (exact) mass is 147 g/mol. The molecule has 3 N–H and O–H groups in total. The van der Waals surface area contributed by atoms with Crippen LogP contribution in [-0.4, -0.2) is 35.0 Å². The van der Waals surface area contributed by atoms with E-state index in [0.717, 1.165) is 0 Å². The standard InChI is InChI=1S/C7H17NO2/c1-7(2,3)8-4-6(10)5-9/h6,8-10H,4-5H2,1-3H3/t6-/m1/s1. The molecule has 3 nitrogen and oxygen atoms in total. The summed E-state index contributed by atoms with van der Waals surface area (Å²) in [4.78, 5) is 0. The predicted molar refractivity (Wildman–Crippen MR) is 40.8 cm³/mol. The van der Waals surface area contributed by atoms with Gasteiger partial charge in [-0.1, -0.05) is 0 Å². The van der Waals surface area contributed by atoms with E-state index < -0.39 is 6.10 Å². The summed E-state index contributed by atoms with van der Waals surface area (Å²) in [6.07, 6.45) is -0.640. The third-order valence-electron chi connectivity index (χ3n) is 1.08. The van der Waals surface area contributed by atoms with Crippen LogP contribution in [0.5, 0.6) is 0 Å². The second-order valence-electron chi connectivity index (χ2n) is 3.47. The molecule has 0 fully saturated rings. The highest BCUT2D eigenvalue weighted by Gasteiger charge is 2.10. The Morgan fingerprint density at radius 3 is 2.20 bits per heavy atom. The summed E-state index contributed by atoms with van der Waals surface area (Å²) >= 11 is 0. The molecule has 0 radical (unpaired) electrons. The largest absolute Gasteiger partial charge is 0.394 e. The second-order valence-corrected chi connectivity index (χ2v) is 3.47. The van der Waals surface area contributed by atoms with Gasteiger partial charge in [0.25, 0.3) is 0 Å². The van der Waals surface area contributed by atoms with E-state index in [1.165, 1.54) is 0 Å². The van der Waals surface area contributed by atoms with Crippen LogP contribution in [0.3, 0.4) is 0 Å². The van der Waals surface area contributed by atoms with Crippen molar-refractivity contribution in [3.63, 3.8) is 0 Å². The van der Waals surface area contributed by atoms with Crippen LogP contribution in [-0.2, 0) is 0 Å². The fraction of sp³-hybridized carbons (Fsp3) is 1.00. The van der Waals surface area contributed by atoms with Crippen LogP contribution in [0.1, 0.15) is 20.8 Å². The first-order valence-electron chi connectivity index (χ1n) is 3.49. The Morgan fingerprint density at radius 1 is 1.40 bits per heavy atom. The summed E-state index contributed by atoms with van der Waals surface area (Å²) in [5.74, 6) is 0. The van der Waals surface area contributed by atoms with E-state index in [1.54, 1.807) is 0 Å². The number of nitrogens with one attached hydrogen (secondary N) is 1. The summed E-state index contributed by atoms with van der Waals surface area (Å²) < 4.78 is 0. The maximum Gasteiger partial charge on any atom is 0.0895 e. The predicted octanol–water partition coefficient (Wildman–Crippen LogP) is -0.272. The lowest BCUT2D eigenvalue weighted by Crippen LogP contribution is -2.41. The molecule has 0 aromatic carbocycles. The van der Waals surface area contributed by atoms with E-state index >= 15 is 0 Å². The molecule has 0 amide bonds. The van der Waals surface area contributed by atoms with Gasteiger partial charge in [0.05, 0.1) is 12.7 Å². The van der Waals surface area contributed by atoms with Crippen molar-refractivity contribution in [1.29, 1.82) is 0 Å². The van der Waals surface area contributed by atoms with Gasteiger partial charge < -0.3 is 15.5 Å². The fourth-order valence-electron chi connectivity index (χ4n) is 0.489. The highest BCUT2D eigenvalue weighted by atomic mass is 16.3. The van der Waals surface area contributed by atoms with Crippen LogP contribution in [0, 0.1) is 0 Å². The molecule has 0 rings (SSSR count). The maximum absolute atomic E-state index is 8.91. The average molecular weight is 147 g/mol. The second kappa shape index (κ2) is 3.91. The number of β-amino-alcohol motifs (C(OH)–C–C–N with tert-alkyl or cyclic N) is 1. The van der Waals surface area contributed by atoms with Gasteiger partial charge in [-0.25, -0.2) is 0 Å². The summed E-state index contributed by atoms with van der Waals surface area (Å²) in [7, 11) is 0. The first-order valence-corrected chi connectivity index (χ1v) is 3.49. The molecule has 0 aromatic rings. The zero-order valence-electron chi connectivity index (χ0n) is 6.89. The summed E-state index contributed by atoms with van der Waals surface area (Å²) in [6, 6.07) is 0. The Morgan fingerprint density at radius 2 is 1.90 bits per heavy atom. The van der Waals surface area contributed by atoms with E-state index in [9.17, 15) is 0 Å². The number of aliphatic hydroxyl groups excluding tert-OH is 2. The van der Waals surface area contributed by atoms with Crippen molar-refractivity contribution >= 4 is 0 Å². The van der Waals surface area contributed by atoms with Gasteiger partial charge in [-0.3, -0.25) is 0 Å². The molecule has 0 heterocycles. The zero-order valence-corrected chi connectivity index (χ0v) is 6.89. The normalized spacial score (nSPS) is 15.3. The van der Waals surface area contributed by atoms with E-state index in [0.29, 0.717) is 6.54 Å². The Bertz CT molecular complexity index is 88.1. The quantitative estimate of drug-likeness (QED) is 0.515. The third-order valence-corrected chi connectivity index (χ3v) is 1.08. The lowest BCUT2D eigenvalue weighted by atomic mass is 10.1. The van der Waals surface area contributed by atoms with E-state index in [2.05, 4.69) is 5.32 Å². The van der Waals surface area contributed by atoms with Crippen molar-refractivity contribution in [1.82, 2.24) is 5.32 Å². The molecule has 0 aromatic heterocycles. The lowest BCUT2D eigenvalue weighted by Gasteiger charge is -2.21. The fourth-order valence-corrected chi connectivity index (χ4v) is 0.489. The van der Waals surface area contributed by atoms with Crippen molar-refractivity contribution in [2.75, 3.05) is 13.2 Å². The molecule has 0 unspecified atom stereocenters. The Balaban J connectivity index is 3.36. The van der Waals surface area contributed by atoms with Gasteiger partial charge in [0.1, 0.15) is 0 Å². The van der Waals surface area contributed by atoms with Crippen LogP contribution in [0.4, 0.5) is 0 Å². The topological polar surface area (TPSA) is 52.5 Å². The van der Waals surface area contributed by atoms with Crippen molar-refractivity contribution < 1.29 is 10.2 Å². The molecule has 62 valence electrons. The molecule has 0 bridgehead atoms. The Hall–Kier alpha value is -0.120. The average Bonchev–Trinajstić information content (AvgIpc) is 1.81. The Kier molecular flexibility index (Phi) is 3.86. The number of rotatable bonds is 3. The highest BCUT2D eigenvalue weighted by molar-refractivity contribution is 4.72. The van der Waals surface area contributed by atoms with Gasteiger partial charge in [0, 0.05) is 12.1 Å². The molecule has 3 heteroatoms. The van der Waals surface area contributed by atoms with Crippen LogP contribution >= 0.6 is 0 Å². The summed E-state index contributed by atoms with van der Waals surface area (Å²) in [5, 5.41) is 20.4. The van der Waals surface area contributed by atoms with Crippen LogP contribution in [0.15, 0.2) is 0 Å². The number of hydrogen-bond acceptors (Lipinski definition) is 3. The highest BCUT2D eigenvalue weighted by Crippen LogP contribution is 1.97. The lowest BCUT2D eigenvalue weighted by molar-refractivity contribution is 0.0888. The van der Waals surface area contributed by atoms with Crippen molar-refractivity contribution in [2.24, 2.45) is 0 Å². The van der Waals surface area contributed by atoms with Crippen LogP contribution < -0.4 is 5.32 Å². The molecule has 0 saturated heterocycles.